The van der Waals surface area contributed by atoms with Gasteiger partial charge in [-0.05, 0) is 25.7 Å². The summed E-state index contributed by atoms with van der Waals surface area (Å²) in [7, 11) is 1.30. The van der Waals surface area contributed by atoms with Crippen LogP contribution in [0, 0.1) is 0 Å². The van der Waals surface area contributed by atoms with Crippen molar-refractivity contribution in [2.75, 3.05) is 20.3 Å². The molecule has 7 heteroatoms. The summed E-state index contributed by atoms with van der Waals surface area (Å²) in [5, 5.41) is 14.2. The molecule has 1 saturated heterocycles. The summed E-state index contributed by atoms with van der Waals surface area (Å²) in [6.07, 6.45) is 2.33. The fraction of sp³-hybridized carbons (Fsp3) is 0.857. The van der Waals surface area contributed by atoms with Crippen LogP contribution in [0.4, 0.5) is 4.79 Å². The Hall–Kier alpha value is -1.34. The number of aliphatic carboxylic acids is 1. The molecule has 21 heavy (non-hydrogen) atoms. The number of carbonyl (C=O) groups is 2. The third kappa shape index (κ3) is 5.17. The summed E-state index contributed by atoms with van der Waals surface area (Å²) in [6.45, 7) is 4.74. The van der Waals surface area contributed by atoms with Crippen LogP contribution in [0.25, 0.3) is 0 Å². The molecule has 0 radical (unpaired) electrons. The quantitative estimate of drug-likeness (QED) is 0.655. The number of methoxy groups -OCH3 is 1. The minimum Gasteiger partial charge on any atom is -0.479 e. The van der Waals surface area contributed by atoms with Crippen molar-refractivity contribution in [1.82, 2.24) is 10.6 Å². The Morgan fingerprint density at radius 2 is 2.10 bits per heavy atom. The second-order valence-electron chi connectivity index (χ2n) is 5.35. The van der Waals surface area contributed by atoms with E-state index in [2.05, 4.69) is 24.5 Å². The van der Waals surface area contributed by atoms with E-state index in [1.807, 2.05) is 0 Å². The maximum atomic E-state index is 11.8. The van der Waals surface area contributed by atoms with E-state index in [4.69, 9.17) is 14.6 Å². The molecule has 0 bridgehead atoms. The molecular weight excluding hydrogens is 276 g/mol. The van der Waals surface area contributed by atoms with Crippen LogP contribution in [0.5, 0.6) is 0 Å². The molecule has 122 valence electrons. The van der Waals surface area contributed by atoms with Crippen molar-refractivity contribution < 1.29 is 24.2 Å². The molecule has 0 aliphatic carbocycles. The van der Waals surface area contributed by atoms with Gasteiger partial charge in [0.15, 0.2) is 6.10 Å². The van der Waals surface area contributed by atoms with Crippen LogP contribution in [0.2, 0.25) is 0 Å². The van der Waals surface area contributed by atoms with E-state index in [0.29, 0.717) is 6.61 Å². The van der Waals surface area contributed by atoms with Crippen LogP contribution >= 0.6 is 0 Å². The van der Waals surface area contributed by atoms with Gasteiger partial charge in [-0.25, -0.2) is 9.59 Å². The van der Waals surface area contributed by atoms with Crippen molar-refractivity contribution in [3.63, 3.8) is 0 Å². The normalized spacial score (nSPS) is 22.3. The number of hydrogen-bond donors (Lipinski definition) is 3. The van der Waals surface area contributed by atoms with E-state index in [0.717, 1.165) is 25.7 Å². The van der Waals surface area contributed by atoms with Crippen LogP contribution in [-0.2, 0) is 14.3 Å². The topological polar surface area (TPSA) is 96.9 Å². The predicted molar refractivity (Wildman–Crippen MR) is 77.3 cm³/mol. The maximum absolute atomic E-state index is 11.8. The van der Waals surface area contributed by atoms with Gasteiger partial charge in [-0.1, -0.05) is 13.8 Å². The summed E-state index contributed by atoms with van der Waals surface area (Å²) in [5.74, 6) is -1.10. The SMILES string of the molecule is CCC1(CC)CC(NC(=O)NCC(OC)C(=O)O)CCO1. The third-order valence-electron chi connectivity index (χ3n) is 4.12. The highest BCUT2D eigenvalue weighted by Gasteiger charge is 2.35. The number of hydrogen-bond acceptors (Lipinski definition) is 4. The van der Waals surface area contributed by atoms with E-state index in [9.17, 15) is 9.59 Å². The number of ether oxygens (including phenoxy) is 2. The number of amides is 2. The lowest BCUT2D eigenvalue weighted by atomic mass is 9.86. The van der Waals surface area contributed by atoms with Crippen LogP contribution in [0.15, 0.2) is 0 Å². The Kier molecular flexibility index (Phi) is 6.91. The Morgan fingerprint density at radius 1 is 1.43 bits per heavy atom. The number of carbonyl (C=O) groups excluding carboxylic acids is 1. The molecule has 7 nitrogen and oxygen atoms in total. The molecule has 2 amide bonds. The standard InChI is InChI=1S/C14H26N2O5/c1-4-14(5-2)8-10(6-7-21-14)16-13(19)15-9-11(20-3)12(17)18/h10-11H,4-9H2,1-3H3,(H,17,18)(H2,15,16,19). The van der Waals surface area contributed by atoms with Gasteiger partial charge in [0, 0.05) is 19.8 Å². The van der Waals surface area contributed by atoms with Gasteiger partial charge in [0.25, 0.3) is 0 Å². The first-order chi connectivity index (χ1) is 9.96. The van der Waals surface area contributed by atoms with Crippen molar-refractivity contribution in [2.24, 2.45) is 0 Å². The van der Waals surface area contributed by atoms with Crippen LogP contribution in [0.1, 0.15) is 39.5 Å². The molecule has 0 aromatic carbocycles. The van der Waals surface area contributed by atoms with E-state index in [-0.39, 0.29) is 24.2 Å². The summed E-state index contributed by atoms with van der Waals surface area (Å²) < 4.78 is 10.6. The van der Waals surface area contributed by atoms with E-state index < -0.39 is 12.1 Å². The average Bonchev–Trinajstić information content (AvgIpc) is 2.47. The number of urea groups is 1. The molecule has 1 fully saturated rings. The van der Waals surface area contributed by atoms with Gasteiger partial charge in [-0.2, -0.15) is 0 Å². The molecular formula is C14H26N2O5. The number of carboxylic acids is 1. The van der Waals surface area contributed by atoms with Gasteiger partial charge in [0.2, 0.25) is 0 Å². The third-order valence-corrected chi connectivity index (χ3v) is 4.12. The highest BCUT2D eigenvalue weighted by atomic mass is 16.5. The number of carboxylic acid groups (broad SMARTS) is 1. The smallest absolute Gasteiger partial charge is 0.334 e. The maximum Gasteiger partial charge on any atom is 0.334 e. The molecule has 1 aliphatic rings. The van der Waals surface area contributed by atoms with Gasteiger partial charge >= 0.3 is 12.0 Å². The van der Waals surface area contributed by atoms with E-state index in [1.165, 1.54) is 7.11 Å². The minimum atomic E-state index is -1.10. The Labute approximate surface area is 125 Å². The molecule has 2 atom stereocenters. The highest BCUT2D eigenvalue weighted by Crippen LogP contribution is 2.31. The van der Waals surface area contributed by atoms with Crippen molar-refractivity contribution in [1.29, 1.82) is 0 Å². The van der Waals surface area contributed by atoms with Crippen molar-refractivity contribution in [3.05, 3.63) is 0 Å². The summed E-state index contributed by atoms with van der Waals surface area (Å²) >= 11 is 0. The van der Waals surface area contributed by atoms with E-state index >= 15 is 0 Å². The monoisotopic (exact) mass is 302 g/mol. The molecule has 3 N–H and O–H groups in total. The van der Waals surface area contributed by atoms with Crippen molar-refractivity contribution >= 4 is 12.0 Å². The Balaban J connectivity index is 2.42. The van der Waals surface area contributed by atoms with Gasteiger partial charge in [-0.15, -0.1) is 0 Å². The molecule has 0 aromatic heterocycles. The number of rotatable bonds is 7. The molecule has 0 spiro atoms. The first-order valence-corrected chi connectivity index (χ1v) is 7.40. The van der Waals surface area contributed by atoms with Crippen LogP contribution in [-0.4, -0.2) is 55.1 Å². The second-order valence-corrected chi connectivity index (χ2v) is 5.35. The Bertz CT molecular complexity index is 357. The van der Waals surface area contributed by atoms with Gasteiger partial charge in [0.05, 0.1) is 12.1 Å². The first-order valence-electron chi connectivity index (χ1n) is 7.40. The first kappa shape index (κ1) is 17.7. The fourth-order valence-corrected chi connectivity index (χ4v) is 2.59. The summed E-state index contributed by atoms with van der Waals surface area (Å²) in [4.78, 5) is 22.6. The molecule has 1 rings (SSSR count). The average molecular weight is 302 g/mol. The van der Waals surface area contributed by atoms with Crippen LogP contribution < -0.4 is 10.6 Å². The van der Waals surface area contributed by atoms with E-state index in [1.54, 1.807) is 0 Å². The van der Waals surface area contributed by atoms with Gasteiger partial charge in [-0.3, -0.25) is 0 Å². The van der Waals surface area contributed by atoms with Crippen molar-refractivity contribution in [2.45, 2.75) is 57.3 Å². The zero-order valence-electron chi connectivity index (χ0n) is 13.0. The zero-order valence-corrected chi connectivity index (χ0v) is 13.0. The largest absolute Gasteiger partial charge is 0.479 e. The molecule has 0 aromatic rings. The van der Waals surface area contributed by atoms with Crippen LogP contribution in [0.3, 0.4) is 0 Å². The molecule has 1 heterocycles. The highest BCUT2D eigenvalue weighted by molar-refractivity contribution is 5.77. The van der Waals surface area contributed by atoms with Gasteiger partial charge in [0.1, 0.15) is 0 Å². The van der Waals surface area contributed by atoms with Gasteiger partial charge < -0.3 is 25.2 Å². The fourth-order valence-electron chi connectivity index (χ4n) is 2.59. The summed E-state index contributed by atoms with van der Waals surface area (Å²) in [6, 6.07) is -0.323. The lowest BCUT2D eigenvalue weighted by Crippen LogP contribution is -2.51. The summed E-state index contributed by atoms with van der Waals surface area (Å²) in [5.41, 5.74) is -0.160. The second kappa shape index (κ2) is 8.19. The lowest BCUT2D eigenvalue weighted by Gasteiger charge is -2.40. The predicted octanol–water partition coefficient (Wildman–Crippen LogP) is 1.12. The van der Waals surface area contributed by atoms with Crippen molar-refractivity contribution in [3.8, 4) is 0 Å². The lowest BCUT2D eigenvalue weighted by molar-refractivity contribution is -0.147. The molecule has 1 aliphatic heterocycles. The Morgan fingerprint density at radius 3 is 2.62 bits per heavy atom. The molecule has 2 unspecified atom stereocenters. The minimum absolute atomic E-state index is 0.0458. The molecule has 0 saturated carbocycles. The zero-order chi connectivity index (χ0) is 15.9. The number of nitrogens with one attached hydrogen (secondary N) is 2.